The van der Waals surface area contributed by atoms with E-state index in [-0.39, 0.29) is 5.91 Å². The van der Waals surface area contributed by atoms with E-state index in [1.165, 1.54) is 0 Å². The number of nitrogens with one attached hydrogen (secondary N) is 1. The maximum atomic E-state index is 12.4. The zero-order valence-electron chi connectivity index (χ0n) is 16.2. The summed E-state index contributed by atoms with van der Waals surface area (Å²) in [6.07, 6.45) is 1.55. The summed E-state index contributed by atoms with van der Waals surface area (Å²) in [5.41, 5.74) is 3.71. The zero-order valence-corrected chi connectivity index (χ0v) is 18.4. The Hall–Kier alpha value is -2.49. The number of halogens is 1. The Balaban J connectivity index is 2.14. The van der Waals surface area contributed by atoms with Crippen molar-refractivity contribution >= 4 is 34.7 Å². The van der Waals surface area contributed by atoms with Gasteiger partial charge in [-0.3, -0.25) is 4.79 Å². The second kappa shape index (κ2) is 10.7. The first kappa shape index (κ1) is 21.8. The van der Waals surface area contributed by atoms with Gasteiger partial charge in [-0.25, -0.2) is 5.43 Å². The normalized spacial score (nSPS) is 10.6. The maximum absolute atomic E-state index is 12.4. The molecule has 0 aromatic heterocycles. The van der Waals surface area contributed by atoms with Gasteiger partial charge in [0.05, 0.1) is 37.2 Å². The molecule has 0 aliphatic rings. The molecule has 0 bridgehead atoms. The van der Waals surface area contributed by atoms with Crippen LogP contribution in [0.3, 0.4) is 0 Å². The summed E-state index contributed by atoms with van der Waals surface area (Å²) in [6, 6.07) is 8.65. The number of carbonyl (C=O) groups excluding carboxylic acids is 1. The van der Waals surface area contributed by atoms with Crippen LogP contribution in [-0.4, -0.2) is 39.6 Å². The van der Waals surface area contributed by atoms with E-state index in [1.807, 2.05) is 19.9 Å². The van der Waals surface area contributed by atoms with Crippen molar-refractivity contribution in [2.45, 2.75) is 13.8 Å². The van der Waals surface area contributed by atoms with E-state index >= 15 is 0 Å². The molecule has 0 aliphatic carbocycles. The van der Waals surface area contributed by atoms with Crippen LogP contribution in [0.5, 0.6) is 23.0 Å². The van der Waals surface area contributed by atoms with E-state index in [9.17, 15) is 4.79 Å². The van der Waals surface area contributed by atoms with Crippen molar-refractivity contribution in [1.29, 1.82) is 0 Å². The van der Waals surface area contributed by atoms with Crippen molar-refractivity contribution in [3.63, 3.8) is 0 Å². The fourth-order valence-corrected chi connectivity index (χ4v) is 3.29. The molecule has 1 N–H and O–H groups in total. The SMILES string of the molecule is CCOc1cc(C(=O)N/N=C/c2cc(I)c(OC)c(OCC)c2)ccc1OC. The summed E-state index contributed by atoms with van der Waals surface area (Å²) in [5, 5.41) is 4.04. The molecule has 0 spiro atoms. The average molecular weight is 498 g/mol. The highest BCUT2D eigenvalue weighted by atomic mass is 127. The maximum Gasteiger partial charge on any atom is 0.271 e. The van der Waals surface area contributed by atoms with E-state index in [2.05, 4.69) is 33.1 Å². The molecular formula is C20H23IN2O5. The van der Waals surface area contributed by atoms with Gasteiger partial charge in [0.2, 0.25) is 0 Å². The number of hydrazone groups is 1. The Morgan fingerprint density at radius 1 is 1.04 bits per heavy atom. The minimum atomic E-state index is -0.354. The predicted molar refractivity (Wildman–Crippen MR) is 116 cm³/mol. The van der Waals surface area contributed by atoms with Gasteiger partial charge in [0.1, 0.15) is 0 Å². The molecule has 0 fully saturated rings. The highest BCUT2D eigenvalue weighted by Gasteiger charge is 2.12. The van der Waals surface area contributed by atoms with Crippen molar-refractivity contribution in [3.05, 3.63) is 45.0 Å². The number of benzene rings is 2. The largest absolute Gasteiger partial charge is 0.493 e. The van der Waals surface area contributed by atoms with Gasteiger partial charge < -0.3 is 18.9 Å². The molecule has 7 nitrogen and oxygen atoms in total. The van der Waals surface area contributed by atoms with Gasteiger partial charge in [0, 0.05) is 5.56 Å². The third-order valence-electron chi connectivity index (χ3n) is 3.64. The fourth-order valence-electron chi connectivity index (χ4n) is 2.44. The monoisotopic (exact) mass is 498 g/mol. The van der Waals surface area contributed by atoms with Crippen LogP contribution in [0.2, 0.25) is 0 Å². The molecule has 0 unspecified atom stereocenters. The van der Waals surface area contributed by atoms with Gasteiger partial charge in [-0.2, -0.15) is 5.10 Å². The van der Waals surface area contributed by atoms with Crippen LogP contribution in [0.1, 0.15) is 29.8 Å². The van der Waals surface area contributed by atoms with E-state index in [0.29, 0.717) is 41.8 Å². The van der Waals surface area contributed by atoms with Crippen LogP contribution >= 0.6 is 22.6 Å². The summed E-state index contributed by atoms with van der Waals surface area (Å²) in [5.74, 6) is 2.02. The molecular weight excluding hydrogens is 475 g/mol. The third kappa shape index (κ3) is 5.51. The van der Waals surface area contributed by atoms with Crippen LogP contribution in [0.4, 0.5) is 0 Å². The molecule has 150 valence electrons. The minimum absolute atomic E-state index is 0.354. The molecule has 0 radical (unpaired) electrons. The van der Waals surface area contributed by atoms with Crippen LogP contribution in [0.25, 0.3) is 0 Å². The first-order valence-corrected chi connectivity index (χ1v) is 9.76. The first-order valence-electron chi connectivity index (χ1n) is 8.68. The smallest absolute Gasteiger partial charge is 0.271 e. The lowest BCUT2D eigenvalue weighted by molar-refractivity contribution is 0.0954. The number of rotatable bonds is 9. The molecule has 0 atom stereocenters. The Labute approximate surface area is 178 Å². The number of methoxy groups -OCH3 is 2. The number of carbonyl (C=O) groups is 1. The Kier molecular flexibility index (Phi) is 8.37. The molecule has 2 aromatic carbocycles. The van der Waals surface area contributed by atoms with Crippen molar-refractivity contribution in [2.24, 2.45) is 5.10 Å². The molecule has 0 heterocycles. The van der Waals surface area contributed by atoms with Crippen LogP contribution in [0.15, 0.2) is 35.4 Å². The first-order chi connectivity index (χ1) is 13.5. The summed E-state index contributed by atoms with van der Waals surface area (Å²) in [7, 11) is 3.15. The number of nitrogens with zero attached hydrogens (tertiary/aromatic N) is 1. The lowest BCUT2D eigenvalue weighted by Gasteiger charge is -2.12. The topological polar surface area (TPSA) is 78.4 Å². The van der Waals surface area contributed by atoms with E-state index in [1.54, 1.807) is 44.7 Å². The fraction of sp³-hybridized carbons (Fsp3) is 0.300. The second-order valence-corrected chi connectivity index (χ2v) is 6.63. The lowest BCUT2D eigenvalue weighted by atomic mass is 10.2. The molecule has 1 amide bonds. The highest BCUT2D eigenvalue weighted by Crippen LogP contribution is 2.33. The zero-order chi connectivity index (χ0) is 20.5. The third-order valence-corrected chi connectivity index (χ3v) is 4.44. The lowest BCUT2D eigenvalue weighted by Crippen LogP contribution is -2.17. The van der Waals surface area contributed by atoms with Crippen LogP contribution in [0, 0.1) is 3.57 Å². The van der Waals surface area contributed by atoms with Crippen molar-refractivity contribution in [1.82, 2.24) is 5.43 Å². The quantitative estimate of drug-likeness (QED) is 0.323. The molecule has 28 heavy (non-hydrogen) atoms. The molecule has 2 aromatic rings. The number of hydrogen-bond donors (Lipinski definition) is 1. The standard InChI is InChI=1S/C20H23IN2O5/c1-5-27-17-11-14(7-8-16(17)25-3)20(24)23-22-12-13-9-15(21)19(26-4)18(10-13)28-6-2/h7-12H,5-6H2,1-4H3,(H,23,24)/b22-12+. The van der Waals surface area contributed by atoms with E-state index in [0.717, 1.165) is 9.13 Å². The van der Waals surface area contributed by atoms with Gasteiger partial charge in [0.15, 0.2) is 23.0 Å². The summed E-state index contributed by atoms with van der Waals surface area (Å²) in [4.78, 5) is 12.4. The molecule has 0 saturated heterocycles. The van der Waals surface area contributed by atoms with Gasteiger partial charge in [-0.1, -0.05) is 0 Å². The Morgan fingerprint density at radius 3 is 2.39 bits per heavy atom. The van der Waals surface area contributed by atoms with Crippen molar-refractivity contribution in [2.75, 3.05) is 27.4 Å². The summed E-state index contributed by atoms with van der Waals surface area (Å²) in [6.45, 7) is 4.75. The number of ether oxygens (including phenoxy) is 4. The summed E-state index contributed by atoms with van der Waals surface area (Å²) >= 11 is 2.16. The van der Waals surface area contributed by atoms with E-state index < -0.39 is 0 Å². The van der Waals surface area contributed by atoms with Crippen LogP contribution < -0.4 is 24.4 Å². The number of hydrogen-bond acceptors (Lipinski definition) is 6. The summed E-state index contributed by atoms with van der Waals surface area (Å²) < 4.78 is 22.6. The Bertz CT molecular complexity index is 855. The number of amides is 1. The van der Waals surface area contributed by atoms with Crippen molar-refractivity contribution < 1.29 is 23.7 Å². The Morgan fingerprint density at radius 2 is 1.75 bits per heavy atom. The van der Waals surface area contributed by atoms with Gasteiger partial charge in [-0.05, 0) is 72.3 Å². The van der Waals surface area contributed by atoms with Crippen molar-refractivity contribution in [3.8, 4) is 23.0 Å². The van der Waals surface area contributed by atoms with E-state index in [4.69, 9.17) is 18.9 Å². The van der Waals surface area contributed by atoms with Gasteiger partial charge >= 0.3 is 0 Å². The molecule has 0 saturated carbocycles. The molecule has 8 heteroatoms. The molecule has 2 rings (SSSR count). The average Bonchev–Trinajstić information content (AvgIpc) is 2.68. The molecule has 0 aliphatic heterocycles. The second-order valence-electron chi connectivity index (χ2n) is 5.46. The predicted octanol–water partition coefficient (Wildman–Crippen LogP) is 3.87. The van der Waals surface area contributed by atoms with Crippen LogP contribution in [-0.2, 0) is 0 Å². The van der Waals surface area contributed by atoms with Gasteiger partial charge in [-0.15, -0.1) is 0 Å². The highest BCUT2D eigenvalue weighted by molar-refractivity contribution is 14.1. The van der Waals surface area contributed by atoms with Gasteiger partial charge in [0.25, 0.3) is 5.91 Å². The minimum Gasteiger partial charge on any atom is -0.493 e.